The van der Waals surface area contributed by atoms with Gasteiger partial charge >= 0.3 is 0 Å². The second kappa shape index (κ2) is 4.19. The van der Waals surface area contributed by atoms with Crippen LogP contribution in [0.2, 0.25) is 0 Å². The molecule has 0 spiro atoms. The number of hydrogen-bond acceptors (Lipinski definition) is 2. The van der Waals surface area contributed by atoms with Crippen molar-refractivity contribution in [2.24, 2.45) is 5.92 Å². The molecule has 2 aliphatic rings. The lowest BCUT2D eigenvalue weighted by atomic mass is 10.1. The SMILES string of the molecule is OC1CCCC1CN1Cc2ccccc2C1. The van der Waals surface area contributed by atoms with Crippen LogP contribution in [0.15, 0.2) is 24.3 Å². The summed E-state index contributed by atoms with van der Waals surface area (Å²) in [6.07, 6.45) is 3.36. The monoisotopic (exact) mass is 217 g/mol. The summed E-state index contributed by atoms with van der Waals surface area (Å²) < 4.78 is 0. The number of rotatable bonds is 2. The molecular formula is C14H19NO. The summed E-state index contributed by atoms with van der Waals surface area (Å²) in [6, 6.07) is 8.68. The fourth-order valence-electron chi connectivity index (χ4n) is 3.09. The van der Waals surface area contributed by atoms with Crippen LogP contribution in [0.1, 0.15) is 30.4 Å². The first-order valence-electron chi connectivity index (χ1n) is 6.30. The maximum atomic E-state index is 9.84. The number of aliphatic hydroxyl groups is 1. The summed E-state index contributed by atoms with van der Waals surface area (Å²) in [5.74, 6) is 0.509. The Morgan fingerprint density at radius 3 is 2.38 bits per heavy atom. The van der Waals surface area contributed by atoms with E-state index >= 15 is 0 Å². The van der Waals surface area contributed by atoms with E-state index in [1.807, 2.05) is 0 Å². The molecule has 3 rings (SSSR count). The van der Waals surface area contributed by atoms with E-state index in [0.717, 1.165) is 26.1 Å². The van der Waals surface area contributed by atoms with Gasteiger partial charge in [-0.3, -0.25) is 4.90 Å². The summed E-state index contributed by atoms with van der Waals surface area (Å²) in [7, 11) is 0. The molecule has 1 saturated carbocycles. The average Bonchev–Trinajstić information content (AvgIpc) is 2.85. The van der Waals surface area contributed by atoms with Gasteiger partial charge in [-0.25, -0.2) is 0 Å². The van der Waals surface area contributed by atoms with Crippen molar-refractivity contribution >= 4 is 0 Å². The molecular weight excluding hydrogens is 198 g/mol. The molecule has 0 radical (unpaired) electrons. The van der Waals surface area contributed by atoms with Crippen molar-refractivity contribution in [3.8, 4) is 0 Å². The molecule has 2 atom stereocenters. The van der Waals surface area contributed by atoms with Crippen LogP contribution >= 0.6 is 0 Å². The molecule has 1 aromatic carbocycles. The largest absolute Gasteiger partial charge is 0.393 e. The van der Waals surface area contributed by atoms with Crippen LogP contribution in [-0.4, -0.2) is 22.7 Å². The second-order valence-electron chi connectivity index (χ2n) is 5.20. The van der Waals surface area contributed by atoms with Crippen molar-refractivity contribution < 1.29 is 5.11 Å². The third-order valence-electron chi connectivity index (χ3n) is 4.02. The Balaban J connectivity index is 1.63. The van der Waals surface area contributed by atoms with Gasteiger partial charge < -0.3 is 5.11 Å². The second-order valence-corrected chi connectivity index (χ2v) is 5.20. The number of aliphatic hydroxyl groups excluding tert-OH is 1. The normalized spacial score (nSPS) is 29.6. The van der Waals surface area contributed by atoms with Crippen molar-refractivity contribution in [2.75, 3.05) is 6.54 Å². The highest BCUT2D eigenvalue weighted by atomic mass is 16.3. The van der Waals surface area contributed by atoms with Crippen LogP contribution in [-0.2, 0) is 13.1 Å². The molecule has 1 N–H and O–H groups in total. The Morgan fingerprint density at radius 2 is 1.81 bits per heavy atom. The predicted molar refractivity (Wildman–Crippen MR) is 63.9 cm³/mol. The molecule has 0 aromatic heterocycles. The third-order valence-corrected chi connectivity index (χ3v) is 4.02. The first kappa shape index (κ1) is 10.3. The summed E-state index contributed by atoms with van der Waals surface area (Å²) in [5.41, 5.74) is 2.94. The highest BCUT2D eigenvalue weighted by Gasteiger charge is 2.29. The van der Waals surface area contributed by atoms with Crippen LogP contribution in [0, 0.1) is 5.92 Å². The summed E-state index contributed by atoms with van der Waals surface area (Å²) in [5, 5.41) is 9.84. The number of fused-ring (bicyclic) bond motifs is 1. The highest BCUT2D eigenvalue weighted by Crippen LogP contribution is 2.29. The van der Waals surface area contributed by atoms with Gasteiger partial charge in [-0.1, -0.05) is 30.7 Å². The predicted octanol–water partition coefficient (Wildman–Crippen LogP) is 2.16. The maximum absolute atomic E-state index is 9.84. The van der Waals surface area contributed by atoms with Crippen molar-refractivity contribution in [2.45, 2.75) is 38.5 Å². The Bertz CT molecular complexity index is 352. The molecule has 0 bridgehead atoms. The first-order valence-corrected chi connectivity index (χ1v) is 6.30. The van der Waals surface area contributed by atoms with Gasteiger partial charge in [0.25, 0.3) is 0 Å². The fourth-order valence-corrected chi connectivity index (χ4v) is 3.09. The van der Waals surface area contributed by atoms with Gasteiger partial charge in [-0.05, 0) is 29.9 Å². The average molecular weight is 217 g/mol. The van der Waals surface area contributed by atoms with Crippen LogP contribution in [0.25, 0.3) is 0 Å². The Morgan fingerprint density at radius 1 is 1.12 bits per heavy atom. The van der Waals surface area contributed by atoms with Crippen molar-refractivity contribution in [3.63, 3.8) is 0 Å². The minimum absolute atomic E-state index is 0.0521. The van der Waals surface area contributed by atoms with E-state index in [1.54, 1.807) is 0 Å². The Labute approximate surface area is 96.9 Å². The smallest absolute Gasteiger partial charge is 0.0580 e. The maximum Gasteiger partial charge on any atom is 0.0580 e. The van der Waals surface area contributed by atoms with Crippen molar-refractivity contribution in [1.29, 1.82) is 0 Å². The summed E-state index contributed by atoms with van der Waals surface area (Å²) in [6.45, 7) is 3.20. The molecule has 1 aliphatic carbocycles. The summed E-state index contributed by atoms with van der Waals surface area (Å²) >= 11 is 0. The van der Waals surface area contributed by atoms with E-state index in [1.165, 1.54) is 24.0 Å². The van der Waals surface area contributed by atoms with E-state index in [9.17, 15) is 5.11 Å². The Kier molecular flexibility index (Phi) is 2.70. The molecule has 1 fully saturated rings. The molecule has 86 valence electrons. The van der Waals surface area contributed by atoms with Gasteiger partial charge in [-0.15, -0.1) is 0 Å². The summed E-state index contributed by atoms with van der Waals surface area (Å²) in [4.78, 5) is 2.48. The van der Waals surface area contributed by atoms with E-state index in [4.69, 9.17) is 0 Å². The van der Waals surface area contributed by atoms with E-state index in [-0.39, 0.29) is 6.10 Å². The molecule has 1 heterocycles. The molecule has 1 aromatic rings. The van der Waals surface area contributed by atoms with Gasteiger partial charge in [0.1, 0.15) is 0 Å². The molecule has 2 unspecified atom stereocenters. The van der Waals surface area contributed by atoms with Crippen LogP contribution in [0.4, 0.5) is 0 Å². The van der Waals surface area contributed by atoms with Crippen LogP contribution < -0.4 is 0 Å². The van der Waals surface area contributed by atoms with Crippen LogP contribution in [0.3, 0.4) is 0 Å². The molecule has 0 saturated heterocycles. The molecule has 2 heteroatoms. The van der Waals surface area contributed by atoms with Gasteiger partial charge in [-0.2, -0.15) is 0 Å². The molecule has 0 amide bonds. The fraction of sp³-hybridized carbons (Fsp3) is 0.571. The van der Waals surface area contributed by atoms with E-state index in [2.05, 4.69) is 29.2 Å². The first-order chi connectivity index (χ1) is 7.83. The van der Waals surface area contributed by atoms with Gasteiger partial charge in [0.05, 0.1) is 6.10 Å². The van der Waals surface area contributed by atoms with Crippen molar-refractivity contribution in [3.05, 3.63) is 35.4 Å². The number of hydrogen-bond donors (Lipinski definition) is 1. The van der Waals surface area contributed by atoms with E-state index < -0.39 is 0 Å². The lowest BCUT2D eigenvalue weighted by Gasteiger charge is -2.22. The molecule has 1 aliphatic heterocycles. The Hall–Kier alpha value is -0.860. The topological polar surface area (TPSA) is 23.5 Å². The standard InChI is InChI=1S/C14H19NO/c16-14-7-3-6-13(14)10-15-8-11-4-1-2-5-12(11)9-15/h1-2,4-5,13-14,16H,3,6-10H2. The van der Waals surface area contributed by atoms with Gasteiger partial charge in [0, 0.05) is 19.6 Å². The zero-order valence-electron chi connectivity index (χ0n) is 9.60. The molecule has 2 nitrogen and oxygen atoms in total. The zero-order chi connectivity index (χ0) is 11.0. The van der Waals surface area contributed by atoms with E-state index in [0.29, 0.717) is 5.92 Å². The zero-order valence-corrected chi connectivity index (χ0v) is 9.60. The van der Waals surface area contributed by atoms with Crippen LogP contribution in [0.5, 0.6) is 0 Å². The minimum Gasteiger partial charge on any atom is -0.393 e. The quantitative estimate of drug-likeness (QED) is 0.820. The van der Waals surface area contributed by atoms with Crippen molar-refractivity contribution in [1.82, 2.24) is 4.90 Å². The lowest BCUT2D eigenvalue weighted by molar-refractivity contribution is 0.101. The van der Waals surface area contributed by atoms with Gasteiger partial charge in [0.2, 0.25) is 0 Å². The number of nitrogens with zero attached hydrogens (tertiary/aromatic N) is 1. The lowest BCUT2D eigenvalue weighted by Crippen LogP contribution is -2.28. The van der Waals surface area contributed by atoms with Gasteiger partial charge in [0.15, 0.2) is 0 Å². The molecule has 16 heavy (non-hydrogen) atoms. The third kappa shape index (κ3) is 1.87. The number of benzene rings is 1. The highest BCUT2D eigenvalue weighted by molar-refractivity contribution is 5.30. The minimum atomic E-state index is -0.0521.